The minimum absolute atomic E-state index is 0.302. The van der Waals surface area contributed by atoms with Gasteiger partial charge in [-0.25, -0.2) is 4.99 Å². The highest BCUT2D eigenvalue weighted by atomic mass is 16.5. The molecule has 0 fully saturated rings. The van der Waals surface area contributed by atoms with Crippen LogP contribution < -0.4 is 10.5 Å². The summed E-state index contributed by atoms with van der Waals surface area (Å²) >= 11 is 0. The third kappa shape index (κ3) is 4.98. The van der Waals surface area contributed by atoms with E-state index in [4.69, 9.17) is 15.7 Å². The normalized spacial score (nSPS) is 11.2. The molecule has 25 heavy (non-hydrogen) atoms. The summed E-state index contributed by atoms with van der Waals surface area (Å²) in [4.78, 5) is 6.49. The van der Waals surface area contributed by atoms with Gasteiger partial charge in [0, 0.05) is 18.2 Å². The molecular formula is C20H24N4O. The molecule has 5 nitrogen and oxygen atoms in total. The molecule has 0 spiro atoms. The van der Waals surface area contributed by atoms with E-state index in [9.17, 15) is 0 Å². The van der Waals surface area contributed by atoms with Crippen LogP contribution in [0.1, 0.15) is 31.9 Å². The smallest absolute Gasteiger partial charge is 0.196 e. The molecule has 0 saturated heterocycles. The molecule has 0 atom stereocenters. The van der Waals surface area contributed by atoms with Gasteiger partial charge in [0.25, 0.3) is 0 Å². The van der Waals surface area contributed by atoms with Crippen LogP contribution in [0.25, 0.3) is 0 Å². The summed E-state index contributed by atoms with van der Waals surface area (Å²) < 4.78 is 5.76. The fraction of sp³-hybridized carbons (Fsp3) is 0.300. The number of aliphatic imine (C=N–C) groups is 1. The SMILES string of the molecule is CCN(C(N)=Nc1ccc(OCc2ccccc2C#N)cc1)C(C)C. The van der Waals surface area contributed by atoms with E-state index in [1.807, 2.05) is 47.4 Å². The van der Waals surface area contributed by atoms with Gasteiger partial charge in [-0.2, -0.15) is 5.26 Å². The van der Waals surface area contributed by atoms with Crippen LogP contribution in [-0.4, -0.2) is 23.4 Å². The number of ether oxygens (including phenoxy) is 1. The van der Waals surface area contributed by atoms with Crippen LogP contribution in [0.15, 0.2) is 53.5 Å². The van der Waals surface area contributed by atoms with Gasteiger partial charge in [-0.1, -0.05) is 18.2 Å². The Bertz CT molecular complexity index is 760. The topological polar surface area (TPSA) is 74.6 Å². The Morgan fingerprint density at radius 2 is 1.88 bits per heavy atom. The van der Waals surface area contributed by atoms with Gasteiger partial charge >= 0.3 is 0 Å². The maximum Gasteiger partial charge on any atom is 0.196 e. The van der Waals surface area contributed by atoms with Gasteiger partial charge in [-0.15, -0.1) is 0 Å². The molecular weight excluding hydrogens is 312 g/mol. The molecule has 130 valence electrons. The van der Waals surface area contributed by atoms with E-state index in [1.165, 1.54) is 0 Å². The van der Waals surface area contributed by atoms with Crippen LogP contribution in [0.2, 0.25) is 0 Å². The predicted molar refractivity (Wildman–Crippen MR) is 101 cm³/mol. The second kappa shape index (κ2) is 8.74. The lowest BCUT2D eigenvalue weighted by atomic mass is 10.1. The van der Waals surface area contributed by atoms with Gasteiger partial charge in [0.15, 0.2) is 5.96 Å². The van der Waals surface area contributed by atoms with E-state index in [1.54, 1.807) is 6.07 Å². The number of hydrogen-bond donors (Lipinski definition) is 1. The van der Waals surface area contributed by atoms with Crippen molar-refractivity contribution in [3.05, 3.63) is 59.7 Å². The third-order valence-electron chi connectivity index (χ3n) is 3.87. The van der Waals surface area contributed by atoms with Crippen LogP contribution in [0.3, 0.4) is 0 Å². The maximum atomic E-state index is 9.10. The fourth-order valence-electron chi connectivity index (χ4n) is 2.52. The second-order valence-corrected chi connectivity index (χ2v) is 5.90. The van der Waals surface area contributed by atoms with E-state index in [-0.39, 0.29) is 0 Å². The number of benzene rings is 2. The molecule has 0 aliphatic heterocycles. The number of guanidine groups is 1. The summed E-state index contributed by atoms with van der Waals surface area (Å²) in [6.07, 6.45) is 0. The third-order valence-corrected chi connectivity index (χ3v) is 3.87. The summed E-state index contributed by atoms with van der Waals surface area (Å²) in [7, 11) is 0. The Kier molecular flexibility index (Phi) is 6.41. The van der Waals surface area contributed by atoms with E-state index >= 15 is 0 Å². The largest absolute Gasteiger partial charge is 0.489 e. The molecule has 2 aromatic rings. The molecule has 0 aliphatic rings. The van der Waals surface area contributed by atoms with Crippen molar-refractivity contribution in [3.63, 3.8) is 0 Å². The molecule has 0 unspecified atom stereocenters. The molecule has 2 aromatic carbocycles. The number of nitrogens with zero attached hydrogens (tertiary/aromatic N) is 3. The average Bonchev–Trinajstić information content (AvgIpc) is 2.61. The fourth-order valence-corrected chi connectivity index (χ4v) is 2.52. The zero-order valence-electron chi connectivity index (χ0n) is 14.9. The minimum Gasteiger partial charge on any atom is -0.489 e. The molecule has 0 radical (unpaired) electrons. The van der Waals surface area contributed by atoms with Gasteiger partial charge in [-0.05, 0) is 51.1 Å². The van der Waals surface area contributed by atoms with Crippen molar-refractivity contribution in [1.29, 1.82) is 5.26 Å². The Balaban J connectivity index is 2.04. The van der Waals surface area contributed by atoms with Crippen molar-refractivity contribution in [2.24, 2.45) is 10.7 Å². The van der Waals surface area contributed by atoms with Crippen LogP contribution in [0.4, 0.5) is 5.69 Å². The summed E-state index contributed by atoms with van der Waals surface area (Å²) in [6, 6.07) is 17.3. The molecule has 0 aromatic heterocycles. The van der Waals surface area contributed by atoms with Gasteiger partial charge in [0.1, 0.15) is 12.4 Å². The standard InChI is InChI=1S/C20H24N4O/c1-4-24(15(2)3)20(22)23-18-9-11-19(12-10-18)25-14-17-8-6-5-7-16(17)13-21/h5-12,15H,4,14H2,1-3H3,(H2,22,23). The molecule has 2 N–H and O–H groups in total. The first-order valence-electron chi connectivity index (χ1n) is 8.36. The molecule has 0 amide bonds. The number of hydrogen-bond acceptors (Lipinski definition) is 3. The monoisotopic (exact) mass is 336 g/mol. The predicted octanol–water partition coefficient (Wildman–Crippen LogP) is 3.81. The zero-order valence-corrected chi connectivity index (χ0v) is 14.9. The number of rotatable bonds is 6. The molecule has 0 heterocycles. The van der Waals surface area contributed by atoms with Gasteiger partial charge < -0.3 is 15.4 Å². The summed E-state index contributed by atoms with van der Waals surface area (Å²) in [5, 5.41) is 9.10. The Hall–Kier alpha value is -3.00. The van der Waals surface area contributed by atoms with Crippen molar-refractivity contribution < 1.29 is 4.74 Å². The summed E-state index contributed by atoms with van der Waals surface area (Å²) in [5.74, 6) is 1.23. The van der Waals surface area contributed by atoms with E-state index in [2.05, 4.69) is 31.8 Å². The van der Waals surface area contributed by atoms with E-state index < -0.39 is 0 Å². The highest BCUT2D eigenvalue weighted by molar-refractivity contribution is 5.81. The van der Waals surface area contributed by atoms with Crippen molar-refractivity contribution in [3.8, 4) is 11.8 Å². The zero-order chi connectivity index (χ0) is 18.2. The van der Waals surface area contributed by atoms with E-state index in [0.717, 1.165) is 23.5 Å². The van der Waals surface area contributed by atoms with Crippen LogP contribution in [-0.2, 0) is 6.61 Å². The minimum atomic E-state index is 0.302. The second-order valence-electron chi connectivity index (χ2n) is 5.90. The van der Waals surface area contributed by atoms with Crippen LogP contribution in [0.5, 0.6) is 5.75 Å². The first kappa shape index (κ1) is 18.3. The highest BCUT2D eigenvalue weighted by Crippen LogP contribution is 2.20. The van der Waals surface area contributed by atoms with Crippen molar-refractivity contribution in [2.75, 3.05) is 6.54 Å². The molecule has 5 heteroatoms. The van der Waals surface area contributed by atoms with Crippen LogP contribution >= 0.6 is 0 Å². The number of nitrogens with two attached hydrogens (primary N) is 1. The molecule has 0 bridgehead atoms. The lowest BCUT2D eigenvalue weighted by Gasteiger charge is -2.25. The molecule has 2 rings (SSSR count). The Morgan fingerprint density at radius 3 is 2.48 bits per heavy atom. The number of nitriles is 1. The van der Waals surface area contributed by atoms with Gasteiger partial charge in [0.05, 0.1) is 17.3 Å². The highest BCUT2D eigenvalue weighted by Gasteiger charge is 2.09. The Labute approximate surface area is 149 Å². The maximum absolute atomic E-state index is 9.10. The van der Waals surface area contributed by atoms with E-state index in [0.29, 0.717) is 24.2 Å². The first-order valence-corrected chi connectivity index (χ1v) is 8.36. The van der Waals surface area contributed by atoms with Crippen molar-refractivity contribution in [2.45, 2.75) is 33.4 Å². The van der Waals surface area contributed by atoms with Crippen molar-refractivity contribution in [1.82, 2.24) is 4.90 Å². The quantitative estimate of drug-likeness (QED) is 0.643. The first-order chi connectivity index (χ1) is 12.0. The summed E-state index contributed by atoms with van der Waals surface area (Å²) in [6.45, 7) is 7.39. The van der Waals surface area contributed by atoms with Crippen molar-refractivity contribution >= 4 is 11.6 Å². The lowest BCUT2D eigenvalue weighted by Crippen LogP contribution is -2.41. The molecule has 0 aliphatic carbocycles. The van der Waals surface area contributed by atoms with Crippen LogP contribution in [0, 0.1) is 11.3 Å². The average molecular weight is 336 g/mol. The van der Waals surface area contributed by atoms with Gasteiger partial charge in [-0.3, -0.25) is 0 Å². The van der Waals surface area contributed by atoms with Gasteiger partial charge in [0.2, 0.25) is 0 Å². The summed E-state index contributed by atoms with van der Waals surface area (Å²) in [5.41, 5.74) is 8.36. The lowest BCUT2D eigenvalue weighted by molar-refractivity contribution is 0.306. The molecule has 0 saturated carbocycles. The Morgan fingerprint density at radius 1 is 1.20 bits per heavy atom.